The first-order chi connectivity index (χ1) is 8.57. The van der Waals surface area contributed by atoms with E-state index in [9.17, 15) is 17.2 Å². The monoisotopic (exact) mass is 292 g/mol. The molecule has 2 N–H and O–H groups in total. The summed E-state index contributed by atoms with van der Waals surface area (Å²) in [4.78, 5) is -0.673. The summed E-state index contributed by atoms with van der Waals surface area (Å²) in [6.07, 6.45) is 0. The Bertz CT molecular complexity index is 566. The van der Waals surface area contributed by atoms with Gasteiger partial charge in [0.15, 0.2) is 11.6 Å². The molecule has 0 aliphatic rings. The van der Waals surface area contributed by atoms with Crippen molar-refractivity contribution in [2.75, 3.05) is 7.05 Å². The molecule has 0 aliphatic heterocycles. The third kappa shape index (κ3) is 4.22. The number of sulfonamides is 1. The number of hydrogen-bond acceptors (Lipinski definition) is 3. The predicted molar refractivity (Wildman–Crippen MR) is 69.2 cm³/mol. The molecule has 1 aromatic carbocycles. The van der Waals surface area contributed by atoms with E-state index in [0.29, 0.717) is 5.56 Å². The first-order valence-corrected chi connectivity index (χ1v) is 7.21. The van der Waals surface area contributed by atoms with Gasteiger partial charge in [0, 0.05) is 12.1 Å². The molecule has 0 unspecified atom stereocenters. The van der Waals surface area contributed by atoms with Crippen LogP contribution in [-0.4, -0.2) is 21.0 Å². The molecule has 0 heterocycles. The summed E-state index contributed by atoms with van der Waals surface area (Å²) in [6, 6.07) is 2.10. The minimum Gasteiger partial charge on any atom is -0.316 e. The lowest BCUT2D eigenvalue weighted by atomic mass is 10.1. The van der Waals surface area contributed by atoms with Crippen molar-refractivity contribution in [2.24, 2.45) is 0 Å². The van der Waals surface area contributed by atoms with Gasteiger partial charge < -0.3 is 5.32 Å². The third-order valence-electron chi connectivity index (χ3n) is 2.17. The standard InChI is InChI=1S/C12H18F2N2O2S/c1-12(2,3)16-19(17,18)10-6-8(7-15-4)5-9(13)11(10)14/h5-6,15-16H,7H2,1-4H3. The SMILES string of the molecule is CNCc1cc(F)c(F)c(S(=O)(=O)NC(C)(C)C)c1. The van der Waals surface area contributed by atoms with Crippen LogP contribution in [0.2, 0.25) is 0 Å². The number of nitrogens with one attached hydrogen (secondary N) is 2. The minimum absolute atomic E-state index is 0.245. The summed E-state index contributed by atoms with van der Waals surface area (Å²) in [5.41, 5.74) is -0.420. The van der Waals surface area contributed by atoms with Gasteiger partial charge in [0.25, 0.3) is 0 Å². The van der Waals surface area contributed by atoms with E-state index in [2.05, 4.69) is 10.0 Å². The second-order valence-electron chi connectivity index (χ2n) is 5.28. The number of benzene rings is 1. The van der Waals surface area contributed by atoms with Crippen molar-refractivity contribution in [3.8, 4) is 0 Å². The van der Waals surface area contributed by atoms with Crippen molar-refractivity contribution in [1.29, 1.82) is 0 Å². The Morgan fingerprint density at radius 1 is 1.21 bits per heavy atom. The highest BCUT2D eigenvalue weighted by Crippen LogP contribution is 2.21. The quantitative estimate of drug-likeness (QED) is 0.889. The molecule has 1 rings (SSSR count). The smallest absolute Gasteiger partial charge is 0.244 e. The van der Waals surface area contributed by atoms with Crippen LogP contribution in [0.25, 0.3) is 0 Å². The molecule has 0 bridgehead atoms. The normalized spacial score (nSPS) is 12.7. The highest BCUT2D eigenvalue weighted by atomic mass is 32.2. The van der Waals surface area contributed by atoms with Gasteiger partial charge in [-0.25, -0.2) is 21.9 Å². The third-order valence-corrected chi connectivity index (χ3v) is 3.92. The van der Waals surface area contributed by atoms with Gasteiger partial charge in [0.05, 0.1) is 0 Å². The Kier molecular flexibility index (Phi) is 4.65. The summed E-state index contributed by atoms with van der Waals surface area (Å²) in [7, 11) is -2.48. The minimum atomic E-state index is -4.10. The fraction of sp³-hybridized carbons (Fsp3) is 0.500. The fourth-order valence-corrected chi connectivity index (χ4v) is 3.13. The Hall–Kier alpha value is -1.05. The molecule has 0 aliphatic carbocycles. The van der Waals surface area contributed by atoms with Crippen molar-refractivity contribution in [1.82, 2.24) is 10.0 Å². The molecule has 4 nitrogen and oxygen atoms in total. The molecule has 108 valence electrons. The molecular formula is C12H18F2N2O2S. The second-order valence-corrected chi connectivity index (χ2v) is 6.93. The molecule has 0 saturated carbocycles. The lowest BCUT2D eigenvalue weighted by molar-refractivity contribution is 0.466. The van der Waals surface area contributed by atoms with Crippen LogP contribution in [-0.2, 0) is 16.6 Å². The largest absolute Gasteiger partial charge is 0.316 e. The molecule has 0 fully saturated rings. The number of hydrogen-bond donors (Lipinski definition) is 2. The average Bonchev–Trinajstić information content (AvgIpc) is 2.19. The van der Waals surface area contributed by atoms with Crippen LogP contribution in [0.15, 0.2) is 17.0 Å². The average molecular weight is 292 g/mol. The number of halogens is 2. The Morgan fingerprint density at radius 2 is 1.79 bits per heavy atom. The van der Waals surface area contributed by atoms with Gasteiger partial charge in [0.2, 0.25) is 10.0 Å². The fourth-order valence-electron chi connectivity index (χ4n) is 1.58. The molecule has 19 heavy (non-hydrogen) atoms. The maximum absolute atomic E-state index is 13.7. The molecule has 0 radical (unpaired) electrons. The number of rotatable bonds is 4. The van der Waals surface area contributed by atoms with E-state index < -0.39 is 32.1 Å². The van der Waals surface area contributed by atoms with E-state index >= 15 is 0 Å². The zero-order valence-electron chi connectivity index (χ0n) is 11.3. The van der Waals surface area contributed by atoms with E-state index in [0.717, 1.165) is 12.1 Å². The van der Waals surface area contributed by atoms with Crippen molar-refractivity contribution < 1.29 is 17.2 Å². The molecular weight excluding hydrogens is 274 g/mol. The first kappa shape index (κ1) is 16.0. The topological polar surface area (TPSA) is 58.2 Å². The van der Waals surface area contributed by atoms with Crippen LogP contribution in [0.1, 0.15) is 26.3 Å². The molecule has 1 aromatic rings. The van der Waals surface area contributed by atoms with Gasteiger partial charge in [-0.2, -0.15) is 0 Å². The van der Waals surface area contributed by atoms with E-state index in [1.54, 1.807) is 27.8 Å². The molecule has 0 spiro atoms. The maximum atomic E-state index is 13.7. The van der Waals surface area contributed by atoms with Crippen molar-refractivity contribution >= 4 is 10.0 Å². The highest BCUT2D eigenvalue weighted by molar-refractivity contribution is 7.89. The van der Waals surface area contributed by atoms with Gasteiger partial charge >= 0.3 is 0 Å². The maximum Gasteiger partial charge on any atom is 0.244 e. The van der Waals surface area contributed by atoms with Gasteiger partial charge in [-0.1, -0.05) is 0 Å². The van der Waals surface area contributed by atoms with Crippen LogP contribution in [0.4, 0.5) is 8.78 Å². The van der Waals surface area contributed by atoms with Crippen molar-refractivity contribution in [2.45, 2.75) is 37.8 Å². The van der Waals surface area contributed by atoms with E-state index in [-0.39, 0.29) is 6.54 Å². The molecule has 0 amide bonds. The van der Waals surface area contributed by atoms with Crippen LogP contribution in [0.3, 0.4) is 0 Å². The lowest BCUT2D eigenvalue weighted by Gasteiger charge is -2.21. The molecule has 0 atom stereocenters. The predicted octanol–water partition coefficient (Wildman–Crippen LogP) is 1.76. The van der Waals surface area contributed by atoms with Crippen LogP contribution in [0, 0.1) is 11.6 Å². The summed E-state index contributed by atoms with van der Waals surface area (Å²) >= 11 is 0. The van der Waals surface area contributed by atoms with Crippen molar-refractivity contribution in [3.05, 3.63) is 29.3 Å². The molecule has 0 aromatic heterocycles. The van der Waals surface area contributed by atoms with E-state index in [1.165, 1.54) is 0 Å². The summed E-state index contributed by atoms with van der Waals surface area (Å²) in [5.74, 6) is -2.54. The van der Waals surface area contributed by atoms with Crippen LogP contribution in [0.5, 0.6) is 0 Å². The summed E-state index contributed by atoms with van der Waals surface area (Å²) in [6.45, 7) is 5.11. The van der Waals surface area contributed by atoms with Crippen LogP contribution < -0.4 is 10.0 Å². The van der Waals surface area contributed by atoms with Gasteiger partial charge in [-0.05, 0) is 45.5 Å². The highest BCUT2D eigenvalue weighted by Gasteiger charge is 2.27. The van der Waals surface area contributed by atoms with Crippen LogP contribution >= 0.6 is 0 Å². The Balaban J connectivity index is 3.33. The zero-order chi connectivity index (χ0) is 14.8. The van der Waals surface area contributed by atoms with Gasteiger partial charge in [0.1, 0.15) is 4.90 Å². The van der Waals surface area contributed by atoms with Gasteiger partial charge in [-0.15, -0.1) is 0 Å². The van der Waals surface area contributed by atoms with E-state index in [4.69, 9.17) is 0 Å². The van der Waals surface area contributed by atoms with Crippen molar-refractivity contribution in [3.63, 3.8) is 0 Å². The van der Waals surface area contributed by atoms with Gasteiger partial charge in [-0.3, -0.25) is 0 Å². The summed E-state index contributed by atoms with van der Waals surface area (Å²) in [5, 5.41) is 2.75. The lowest BCUT2D eigenvalue weighted by Crippen LogP contribution is -2.41. The molecule has 7 heteroatoms. The zero-order valence-corrected chi connectivity index (χ0v) is 12.2. The molecule has 0 saturated heterocycles. The first-order valence-electron chi connectivity index (χ1n) is 5.73. The Labute approximate surface area is 112 Å². The second kappa shape index (κ2) is 5.52. The Morgan fingerprint density at radius 3 is 2.26 bits per heavy atom. The van der Waals surface area contributed by atoms with E-state index in [1.807, 2.05) is 0 Å². The summed E-state index contributed by atoms with van der Waals surface area (Å²) < 4.78 is 53.5.